The quantitative estimate of drug-likeness (QED) is 0.490. The molecule has 1 heterocycles. The number of para-hydroxylation sites is 1. The van der Waals surface area contributed by atoms with Crippen molar-refractivity contribution in [2.24, 2.45) is 0 Å². The van der Waals surface area contributed by atoms with Crippen LogP contribution in [0.2, 0.25) is 0 Å². The van der Waals surface area contributed by atoms with E-state index >= 15 is 0 Å². The normalized spacial score (nSPS) is 13.6. The van der Waals surface area contributed by atoms with Gasteiger partial charge in [-0.25, -0.2) is 4.98 Å². The number of aromatic nitrogens is 1. The first-order valence-electron chi connectivity index (χ1n) is 10.5. The molecule has 0 spiro atoms. The third kappa shape index (κ3) is 4.65. The highest BCUT2D eigenvalue weighted by atomic mass is 32.1. The molecular weight excluding hydrogens is 428 g/mol. The molecule has 1 saturated carbocycles. The first-order valence-corrected chi connectivity index (χ1v) is 11.3. The second-order valence-corrected chi connectivity index (χ2v) is 8.28. The highest BCUT2D eigenvalue weighted by Crippen LogP contribution is 2.39. The summed E-state index contributed by atoms with van der Waals surface area (Å²) in [7, 11) is 4.78. The van der Waals surface area contributed by atoms with Gasteiger partial charge in [0.25, 0.3) is 5.91 Å². The third-order valence-corrected chi connectivity index (χ3v) is 6.26. The van der Waals surface area contributed by atoms with Crippen molar-refractivity contribution < 1.29 is 23.7 Å². The average Bonchev–Trinajstić information content (AvgIpc) is 3.51. The van der Waals surface area contributed by atoms with Crippen LogP contribution in [0.4, 0.5) is 5.69 Å². The van der Waals surface area contributed by atoms with Gasteiger partial charge in [-0.05, 0) is 49.9 Å². The fourth-order valence-corrected chi connectivity index (χ4v) is 4.61. The number of amides is 1. The number of benzene rings is 2. The number of nitrogens with zero attached hydrogens (tertiary/aromatic N) is 1. The minimum atomic E-state index is -0.300. The van der Waals surface area contributed by atoms with Gasteiger partial charge < -0.3 is 24.3 Å². The molecule has 1 amide bonds. The summed E-state index contributed by atoms with van der Waals surface area (Å²) in [5.41, 5.74) is 1.72. The van der Waals surface area contributed by atoms with Gasteiger partial charge in [0.2, 0.25) is 0 Å². The molecule has 1 aliphatic carbocycles. The zero-order chi connectivity index (χ0) is 22.5. The first-order chi connectivity index (χ1) is 15.6. The summed E-state index contributed by atoms with van der Waals surface area (Å²) in [4.78, 5) is 17.4. The zero-order valence-corrected chi connectivity index (χ0v) is 19.2. The fourth-order valence-electron chi connectivity index (χ4n) is 3.78. The molecule has 32 heavy (non-hydrogen) atoms. The fraction of sp³-hybridized carbons (Fsp3) is 0.333. The number of anilines is 1. The maximum atomic E-state index is 12.9. The third-order valence-electron chi connectivity index (χ3n) is 5.39. The number of nitrogens with one attached hydrogen (secondary N) is 1. The smallest absolute Gasteiger partial charge is 0.275 e. The van der Waals surface area contributed by atoms with Crippen LogP contribution in [-0.2, 0) is 0 Å². The van der Waals surface area contributed by atoms with Gasteiger partial charge in [0.15, 0.2) is 23.0 Å². The summed E-state index contributed by atoms with van der Waals surface area (Å²) in [6.45, 7) is 0. The molecular formula is C24H26N2O5S. The molecule has 8 heteroatoms. The highest BCUT2D eigenvalue weighted by Gasteiger charge is 2.20. The highest BCUT2D eigenvalue weighted by molar-refractivity contribution is 7.13. The van der Waals surface area contributed by atoms with E-state index in [9.17, 15) is 4.79 Å². The number of methoxy groups -OCH3 is 3. The molecule has 0 atom stereocenters. The number of hydrogen-bond acceptors (Lipinski definition) is 7. The topological polar surface area (TPSA) is 78.9 Å². The standard InChI is InChI=1S/C24H26N2O5S/c1-28-19-12-11-15(13-21(19)31-16-7-4-5-8-16)25-23(27)18-14-32-24(26-18)17-9-6-10-20(29-2)22(17)30-3/h6,9-14,16H,4-5,7-8H2,1-3H3,(H,25,27). The Bertz CT molecular complexity index is 1090. The minimum absolute atomic E-state index is 0.189. The molecule has 1 N–H and O–H groups in total. The van der Waals surface area contributed by atoms with Gasteiger partial charge in [-0.2, -0.15) is 0 Å². The number of carbonyl (C=O) groups is 1. The molecule has 1 aromatic heterocycles. The zero-order valence-electron chi connectivity index (χ0n) is 18.3. The Hall–Kier alpha value is -3.26. The number of hydrogen-bond donors (Lipinski definition) is 1. The van der Waals surface area contributed by atoms with Crippen molar-refractivity contribution >= 4 is 22.9 Å². The Morgan fingerprint density at radius 3 is 2.50 bits per heavy atom. The lowest BCUT2D eigenvalue weighted by Crippen LogP contribution is -2.14. The molecule has 0 radical (unpaired) electrons. The van der Waals surface area contributed by atoms with Crippen LogP contribution in [0.3, 0.4) is 0 Å². The van der Waals surface area contributed by atoms with Crippen molar-refractivity contribution in [2.45, 2.75) is 31.8 Å². The molecule has 1 fully saturated rings. The Morgan fingerprint density at radius 2 is 1.78 bits per heavy atom. The number of ether oxygens (including phenoxy) is 4. The summed E-state index contributed by atoms with van der Waals surface area (Å²) in [6, 6.07) is 11.0. The molecule has 168 valence electrons. The van der Waals surface area contributed by atoms with Gasteiger partial charge in [-0.3, -0.25) is 4.79 Å². The Morgan fingerprint density at radius 1 is 1.00 bits per heavy atom. The van der Waals surface area contributed by atoms with Crippen LogP contribution in [0.15, 0.2) is 41.8 Å². The lowest BCUT2D eigenvalue weighted by Gasteiger charge is -2.17. The van der Waals surface area contributed by atoms with Gasteiger partial charge in [-0.1, -0.05) is 6.07 Å². The van der Waals surface area contributed by atoms with E-state index in [0.717, 1.165) is 18.4 Å². The summed E-state index contributed by atoms with van der Waals surface area (Å²) in [5.74, 6) is 2.18. The average molecular weight is 455 g/mol. The number of thiazole rings is 1. The SMILES string of the molecule is COc1ccc(NC(=O)c2csc(-c3cccc(OC)c3OC)n2)cc1OC1CCCC1. The van der Waals surface area contributed by atoms with E-state index < -0.39 is 0 Å². The van der Waals surface area contributed by atoms with Gasteiger partial charge in [0.05, 0.1) is 33.0 Å². The maximum Gasteiger partial charge on any atom is 0.275 e. The van der Waals surface area contributed by atoms with Gasteiger partial charge in [-0.15, -0.1) is 11.3 Å². The van der Waals surface area contributed by atoms with Crippen LogP contribution in [0.5, 0.6) is 23.0 Å². The second kappa shape index (κ2) is 9.91. The van der Waals surface area contributed by atoms with Crippen LogP contribution in [0.1, 0.15) is 36.2 Å². The van der Waals surface area contributed by atoms with Crippen molar-refractivity contribution in [3.05, 3.63) is 47.5 Å². The van der Waals surface area contributed by atoms with Crippen molar-refractivity contribution in [1.29, 1.82) is 0 Å². The molecule has 0 aliphatic heterocycles. The predicted octanol–water partition coefficient (Wildman–Crippen LogP) is 5.41. The monoisotopic (exact) mass is 454 g/mol. The predicted molar refractivity (Wildman–Crippen MR) is 124 cm³/mol. The van der Waals surface area contributed by atoms with Crippen LogP contribution < -0.4 is 24.3 Å². The second-order valence-electron chi connectivity index (χ2n) is 7.42. The molecule has 0 unspecified atom stereocenters. The van der Waals surface area contributed by atoms with Crippen LogP contribution in [-0.4, -0.2) is 38.3 Å². The van der Waals surface area contributed by atoms with Crippen molar-refractivity contribution in [3.63, 3.8) is 0 Å². The van der Waals surface area contributed by atoms with E-state index in [1.165, 1.54) is 24.2 Å². The van der Waals surface area contributed by atoms with E-state index in [-0.39, 0.29) is 12.0 Å². The molecule has 3 aromatic rings. The lowest BCUT2D eigenvalue weighted by molar-refractivity contribution is 0.102. The molecule has 0 bridgehead atoms. The van der Waals surface area contributed by atoms with E-state index in [1.807, 2.05) is 18.2 Å². The maximum absolute atomic E-state index is 12.9. The molecule has 4 rings (SSSR count). The van der Waals surface area contributed by atoms with E-state index in [2.05, 4.69) is 10.3 Å². The Labute approximate surface area is 191 Å². The number of carbonyl (C=O) groups excluding carboxylic acids is 1. The van der Waals surface area contributed by atoms with E-state index in [4.69, 9.17) is 18.9 Å². The summed E-state index contributed by atoms with van der Waals surface area (Å²) < 4.78 is 22.4. The molecule has 7 nitrogen and oxygen atoms in total. The summed E-state index contributed by atoms with van der Waals surface area (Å²) in [6.07, 6.45) is 4.61. The van der Waals surface area contributed by atoms with Gasteiger partial charge in [0.1, 0.15) is 10.7 Å². The van der Waals surface area contributed by atoms with E-state index in [0.29, 0.717) is 39.4 Å². The number of rotatable bonds is 8. The van der Waals surface area contributed by atoms with Crippen LogP contribution in [0, 0.1) is 0 Å². The Kier molecular flexibility index (Phi) is 6.80. The first kappa shape index (κ1) is 22.0. The molecule has 2 aromatic carbocycles. The van der Waals surface area contributed by atoms with Crippen molar-refractivity contribution in [1.82, 2.24) is 4.98 Å². The van der Waals surface area contributed by atoms with Crippen LogP contribution >= 0.6 is 11.3 Å². The van der Waals surface area contributed by atoms with Gasteiger partial charge >= 0.3 is 0 Å². The lowest BCUT2D eigenvalue weighted by atomic mass is 10.2. The van der Waals surface area contributed by atoms with Crippen molar-refractivity contribution in [3.8, 4) is 33.6 Å². The van der Waals surface area contributed by atoms with Crippen LogP contribution in [0.25, 0.3) is 10.6 Å². The molecule has 0 saturated heterocycles. The summed E-state index contributed by atoms with van der Waals surface area (Å²) >= 11 is 1.37. The largest absolute Gasteiger partial charge is 0.493 e. The van der Waals surface area contributed by atoms with E-state index in [1.54, 1.807) is 44.9 Å². The molecule has 1 aliphatic rings. The summed E-state index contributed by atoms with van der Waals surface area (Å²) in [5, 5.41) is 5.30. The van der Waals surface area contributed by atoms with Crippen molar-refractivity contribution in [2.75, 3.05) is 26.6 Å². The minimum Gasteiger partial charge on any atom is -0.493 e. The van der Waals surface area contributed by atoms with Gasteiger partial charge in [0, 0.05) is 17.1 Å². The Balaban J connectivity index is 1.52.